The number of anilines is 1. The molecule has 1 rings (SSSR count). The zero-order valence-corrected chi connectivity index (χ0v) is 13.6. The Morgan fingerprint density at radius 1 is 1.33 bits per heavy atom. The molecule has 1 aromatic rings. The summed E-state index contributed by atoms with van der Waals surface area (Å²) < 4.78 is 0. The number of nitrogens with zero attached hydrogens (tertiary/aromatic N) is 2. The Kier molecular flexibility index (Phi) is 7.15. The molecular formula is C16H27N3O2. The molecule has 118 valence electrons. The molecule has 0 atom stereocenters. The predicted molar refractivity (Wildman–Crippen MR) is 87.7 cm³/mol. The summed E-state index contributed by atoms with van der Waals surface area (Å²) in [7, 11) is 1.74. The molecule has 1 N–H and O–H groups in total. The van der Waals surface area contributed by atoms with Crippen molar-refractivity contribution >= 4 is 11.4 Å². The van der Waals surface area contributed by atoms with Gasteiger partial charge in [0.2, 0.25) is 0 Å². The molecule has 5 nitrogen and oxygen atoms in total. The number of benzene rings is 1. The van der Waals surface area contributed by atoms with E-state index in [1.165, 1.54) is 19.3 Å². The van der Waals surface area contributed by atoms with Crippen LogP contribution in [-0.4, -0.2) is 29.5 Å². The van der Waals surface area contributed by atoms with Crippen molar-refractivity contribution in [2.75, 3.05) is 18.9 Å². The second-order valence-electron chi connectivity index (χ2n) is 5.59. The van der Waals surface area contributed by atoms with Crippen LogP contribution in [0.4, 0.5) is 11.4 Å². The van der Waals surface area contributed by atoms with Crippen LogP contribution in [0.5, 0.6) is 0 Å². The van der Waals surface area contributed by atoms with E-state index < -0.39 is 0 Å². The maximum atomic E-state index is 11.1. The maximum absolute atomic E-state index is 11.1. The first-order valence-electron chi connectivity index (χ1n) is 7.69. The normalized spacial score (nSPS) is 11.1. The second kappa shape index (κ2) is 8.62. The first kappa shape index (κ1) is 17.4. The lowest BCUT2D eigenvalue weighted by atomic mass is 10.1. The van der Waals surface area contributed by atoms with Crippen LogP contribution in [-0.2, 0) is 6.54 Å². The van der Waals surface area contributed by atoms with Gasteiger partial charge < -0.3 is 5.32 Å². The van der Waals surface area contributed by atoms with Crippen molar-refractivity contribution in [1.29, 1.82) is 0 Å². The Morgan fingerprint density at radius 2 is 2.05 bits per heavy atom. The number of nitro groups is 1. The van der Waals surface area contributed by atoms with Crippen LogP contribution in [0.25, 0.3) is 0 Å². The van der Waals surface area contributed by atoms with E-state index in [4.69, 9.17) is 0 Å². The van der Waals surface area contributed by atoms with Gasteiger partial charge in [0.1, 0.15) is 5.69 Å². The molecule has 0 spiro atoms. The summed E-state index contributed by atoms with van der Waals surface area (Å²) in [5.74, 6) is 0. The van der Waals surface area contributed by atoms with Gasteiger partial charge >= 0.3 is 0 Å². The molecule has 0 radical (unpaired) electrons. The molecule has 0 aliphatic heterocycles. The smallest absolute Gasteiger partial charge is 0.292 e. The molecule has 0 aliphatic rings. The number of nitro benzene ring substituents is 1. The average Bonchev–Trinajstić information content (AvgIpc) is 2.45. The zero-order valence-electron chi connectivity index (χ0n) is 13.6. The molecule has 0 amide bonds. The molecule has 0 aromatic heterocycles. The molecule has 0 heterocycles. The van der Waals surface area contributed by atoms with E-state index in [2.05, 4.69) is 31.0 Å². The average molecular weight is 293 g/mol. The highest BCUT2D eigenvalue weighted by Gasteiger charge is 2.18. The van der Waals surface area contributed by atoms with Crippen molar-refractivity contribution in [3.05, 3.63) is 33.9 Å². The lowest BCUT2D eigenvalue weighted by molar-refractivity contribution is -0.384. The van der Waals surface area contributed by atoms with E-state index in [9.17, 15) is 10.1 Å². The minimum atomic E-state index is -0.327. The fraction of sp³-hybridized carbons (Fsp3) is 0.625. The fourth-order valence-electron chi connectivity index (χ4n) is 2.46. The SMILES string of the molecule is CCCCCN(Cc1cccc([N+](=O)[O-])c1NC)C(C)C. The van der Waals surface area contributed by atoms with E-state index in [0.717, 1.165) is 18.7 Å². The Labute approximate surface area is 127 Å². The van der Waals surface area contributed by atoms with Gasteiger partial charge in [-0.05, 0) is 32.4 Å². The van der Waals surface area contributed by atoms with Crippen LogP contribution in [0, 0.1) is 10.1 Å². The topological polar surface area (TPSA) is 58.4 Å². The van der Waals surface area contributed by atoms with Crippen LogP contribution in [0.3, 0.4) is 0 Å². The van der Waals surface area contributed by atoms with Crippen LogP contribution >= 0.6 is 0 Å². The van der Waals surface area contributed by atoms with Crippen LogP contribution in [0.2, 0.25) is 0 Å². The lowest BCUT2D eigenvalue weighted by Crippen LogP contribution is -2.31. The zero-order chi connectivity index (χ0) is 15.8. The molecule has 0 saturated heterocycles. The Hall–Kier alpha value is -1.62. The summed E-state index contributed by atoms with van der Waals surface area (Å²) in [5, 5.41) is 14.1. The van der Waals surface area contributed by atoms with Crippen LogP contribution in [0.1, 0.15) is 45.6 Å². The van der Waals surface area contributed by atoms with Crippen molar-refractivity contribution in [2.45, 2.75) is 52.6 Å². The molecule has 0 saturated carbocycles. The molecule has 5 heteroatoms. The van der Waals surface area contributed by atoms with Gasteiger partial charge in [0.05, 0.1) is 4.92 Å². The van der Waals surface area contributed by atoms with Crippen molar-refractivity contribution < 1.29 is 4.92 Å². The van der Waals surface area contributed by atoms with Gasteiger partial charge in [-0.25, -0.2) is 0 Å². The van der Waals surface area contributed by atoms with Crippen molar-refractivity contribution in [3.8, 4) is 0 Å². The number of para-hydroxylation sites is 1. The van der Waals surface area contributed by atoms with Gasteiger partial charge in [0, 0.05) is 25.7 Å². The first-order valence-corrected chi connectivity index (χ1v) is 7.69. The lowest BCUT2D eigenvalue weighted by Gasteiger charge is -2.27. The van der Waals surface area contributed by atoms with Crippen molar-refractivity contribution in [3.63, 3.8) is 0 Å². The van der Waals surface area contributed by atoms with Gasteiger partial charge in [0.15, 0.2) is 0 Å². The Bertz CT molecular complexity index is 461. The van der Waals surface area contributed by atoms with E-state index in [1.807, 2.05) is 6.07 Å². The van der Waals surface area contributed by atoms with Crippen LogP contribution < -0.4 is 5.32 Å². The van der Waals surface area contributed by atoms with Crippen LogP contribution in [0.15, 0.2) is 18.2 Å². The number of hydrogen-bond donors (Lipinski definition) is 1. The van der Waals surface area contributed by atoms with E-state index in [-0.39, 0.29) is 10.6 Å². The summed E-state index contributed by atoms with van der Waals surface area (Å²) >= 11 is 0. The Balaban J connectivity index is 2.92. The van der Waals surface area contributed by atoms with Crippen molar-refractivity contribution in [2.24, 2.45) is 0 Å². The maximum Gasteiger partial charge on any atom is 0.292 e. The highest BCUT2D eigenvalue weighted by Crippen LogP contribution is 2.29. The summed E-state index contributed by atoms with van der Waals surface area (Å²) in [6.07, 6.45) is 3.58. The van der Waals surface area contributed by atoms with Gasteiger partial charge in [-0.15, -0.1) is 0 Å². The first-order chi connectivity index (χ1) is 10.0. The van der Waals surface area contributed by atoms with Gasteiger partial charge in [0.25, 0.3) is 5.69 Å². The predicted octanol–water partition coefficient (Wildman–Crippen LogP) is 4.04. The molecule has 0 aliphatic carbocycles. The molecule has 21 heavy (non-hydrogen) atoms. The highest BCUT2D eigenvalue weighted by molar-refractivity contribution is 5.66. The van der Waals surface area contributed by atoms with E-state index in [0.29, 0.717) is 11.7 Å². The fourth-order valence-corrected chi connectivity index (χ4v) is 2.46. The van der Waals surface area contributed by atoms with Gasteiger partial charge in [-0.2, -0.15) is 0 Å². The standard InChI is InChI=1S/C16H27N3O2/c1-5-6-7-11-18(13(2)3)12-14-9-8-10-15(19(20)21)16(14)17-4/h8-10,13,17H,5-7,11-12H2,1-4H3. The summed E-state index contributed by atoms with van der Waals surface area (Å²) in [6, 6.07) is 5.70. The monoisotopic (exact) mass is 293 g/mol. The molecule has 0 bridgehead atoms. The molecular weight excluding hydrogens is 266 g/mol. The third-order valence-electron chi connectivity index (χ3n) is 3.73. The van der Waals surface area contributed by atoms with Crippen molar-refractivity contribution in [1.82, 2.24) is 4.90 Å². The third-order valence-corrected chi connectivity index (χ3v) is 3.73. The number of hydrogen-bond acceptors (Lipinski definition) is 4. The van der Waals surface area contributed by atoms with E-state index >= 15 is 0 Å². The number of nitrogens with one attached hydrogen (secondary N) is 1. The quantitative estimate of drug-likeness (QED) is 0.424. The van der Waals surface area contributed by atoms with Gasteiger partial charge in [-0.3, -0.25) is 15.0 Å². The summed E-state index contributed by atoms with van der Waals surface area (Å²) in [5.41, 5.74) is 1.76. The largest absolute Gasteiger partial charge is 0.382 e. The molecule has 1 aromatic carbocycles. The number of rotatable bonds is 9. The number of unbranched alkanes of at least 4 members (excludes halogenated alkanes) is 2. The van der Waals surface area contributed by atoms with Gasteiger partial charge in [-0.1, -0.05) is 31.9 Å². The third kappa shape index (κ3) is 5.01. The minimum Gasteiger partial charge on any atom is -0.382 e. The highest BCUT2D eigenvalue weighted by atomic mass is 16.6. The second-order valence-corrected chi connectivity index (χ2v) is 5.59. The molecule has 0 unspecified atom stereocenters. The van der Waals surface area contributed by atoms with E-state index in [1.54, 1.807) is 19.2 Å². The Morgan fingerprint density at radius 3 is 2.57 bits per heavy atom. The molecule has 0 fully saturated rings. The summed E-state index contributed by atoms with van der Waals surface area (Å²) in [4.78, 5) is 13.2. The summed E-state index contributed by atoms with van der Waals surface area (Å²) in [6.45, 7) is 8.29. The minimum absolute atomic E-state index is 0.146.